The van der Waals surface area contributed by atoms with Crippen LogP contribution < -0.4 is 10.5 Å². The first kappa shape index (κ1) is 9.93. The molecule has 0 bridgehead atoms. The molecule has 3 rings (SSSR count). The Morgan fingerprint density at radius 1 is 1.50 bits per heavy atom. The summed E-state index contributed by atoms with van der Waals surface area (Å²) < 4.78 is 6.96. The highest BCUT2D eigenvalue weighted by Crippen LogP contribution is 2.45. The van der Waals surface area contributed by atoms with E-state index < -0.39 is 0 Å². The third kappa shape index (κ3) is 1.30. The maximum Gasteiger partial charge on any atom is 0.138 e. The fourth-order valence-electron chi connectivity index (χ4n) is 1.81. The average Bonchev–Trinajstić information content (AvgIpc) is 2.95. The van der Waals surface area contributed by atoms with Crippen LogP contribution in [0.4, 0.5) is 0 Å². The second-order valence-electron chi connectivity index (χ2n) is 4.20. The highest BCUT2D eigenvalue weighted by Gasteiger charge is 2.44. The molecular weight excluding hydrogens is 226 g/mol. The number of ether oxygens (including phenoxy) is 1. The van der Waals surface area contributed by atoms with E-state index in [0.29, 0.717) is 5.15 Å². The fraction of sp³-hybridized carbons (Fsp3) is 0.364. The van der Waals surface area contributed by atoms with Gasteiger partial charge in [0.05, 0.1) is 24.5 Å². The summed E-state index contributed by atoms with van der Waals surface area (Å²) >= 11 is 6.28. The third-order valence-corrected chi connectivity index (χ3v) is 3.39. The topological polar surface area (TPSA) is 52.5 Å². The molecule has 16 heavy (non-hydrogen) atoms. The predicted molar refractivity (Wildman–Crippen MR) is 61.9 cm³/mol. The van der Waals surface area contributed by atoms with Crippen LogP contribution in [0.3, 0.4) is 0 Å². The summed E-state index contributed by atoms with van der Waals surface area (Å²) in [4.78, 5) is 4.47. The van der Waals surface area contributed by atoms with Crippen LogP contribution >= 0.6 is 11.6 Å². The maximum atomic E-state index is 6.28. The Morgan fingerprint density at radius 3 is 2.88 bits per heavy atom. The van der Waals surface area contributed by atoms with Crippen molar-refractivity contribution in [2.75, 3.05) is 7.11 Å². The van der Waals surface area contributed by atoms with Gasteiger partial charge in [-0.25, -0.2) is 4.98 Å². The summed E-state index contributed by atoms with van der Waals surface area (Å²) in [5, 5.41) is 0.592. The molecule has 2 aromatic rings. The van der Waals surface area contributed by atoms with Gasteiger partial charge in [0.1, 0.15) is 16.5 Å². The lowest BCUT2D eigenvalue weighted by molar-refractivity contribution is 0.412. The third-order valence-electron chi connectivity index (χ3n) is 3.03. The molecule has 0 radical (unpaired) electrons. The number of fused-ring (bicyclic) bond motifs is 1. The molecule has 1 aliphatic rings. The summed E-state index contributed by atoms with van der Waals surface area (Å²) in [7, 11) is 1.62. The van der Waals surface area contributed by atoms with E-state index in [1.165, 1.54) is 0 Å². The van der Waals surface area contributed by atoms with Crippen LogP contribution in [0.1, 0.15) is 18.5 Å². The van der Waals surface area contributed by atoms with E-state index in [9.17, 15) is 0 Å². The Morgan fingerprint density at radius 2 is 2.25 bits per heavy atom. The van der Waals surface area contributed by atoms with Gasteiger partial charge in [-0.2, -0.15) is 0 Å². The lowest BCUT2D eigenvalue weighted by Crippen LogP contribution is -2.19. The van der Waals surface area contributed by atoms with Crippen molar-refractivity contribution in [1.82, 2.24) is 9.38 Å². The summed E-state index contributed by atoms with van der Waals surface area (Å²) in [6, 6.07) is 3.73. The van der Waals surface area contributed by atoms with Gasteiger partial charge in [0.25, 0.3) is 0 Å². The number of nitrogens with two attached hydrogens (primary N) is 1. The quantitative estimate of drug-likeness (QED) is 0.869. The van der Waals surface area contributed by atoms with E-state index in [0.717, 1.165) is 29.9 Å². The second-order valence-corrected chi connectivity index (χ2v) is 4.56. The zero-order chi connectivity index (χ0) is 11.3. The molecule has 0 atom stereocenters. The Kier molecular flexibility index (Phi) is 1.94. The van der Waals surface area contributed by atoms with Crippen LogP contribution in [0.15, 0.2) is 18.3 Å². The molecule has 0 aromatic carbocycles. The van der Waals surface area contributed by atoms with E-state index in [-0.39, 0.29) is 5.54 Å². The monoisotopic (exact) mass is 237 g/mol. The Hall–Kier alpha value is -1.26. The smallest absolute Gasteiger partial charge is 0.138 e. The molecule has 84 valence electrons. The van der Waals surface area contributed by atoms with Crippen molar-refractivity contribution in [1.29, 1.82) is 0 Å². The minimum Gasteiger partial charge on any atom is -0.495 e. The first-order chi connectivity index (χ1) is 7.64. The van der Waals surface area contributed by atoms with Crippen molar-refractivity contribution in [3.8, 4) is 5.75 Å². The lowest BCUT2D eigenvalue weighted by Gasteiger charge is -2.04. The number of halogens is 1. The molecule has 0 spiro atoms. The second kappa shape index (κ2) is 3.12. The van der Waals surface area contributed by atoms with Gasteiger partial charge in [0, 0.05) is 0 Å². The summed E-state index contributed by atoms with van der Waals surface area (Å²) in [5.41, 5.74) is 7.40. The van der Waals surface area contributed by atoms with Gasteiger partial charge in [0.15, 0.2) is 0 Å². The largest absolute Gasteiger partial charge is 0.495 e. The Bertz CT molecular complexity index is 560. The maximum absolute atomic E-state index is 6.28. The molecule has 2 aromatic heterocycles. The number of rotatable bonds is 2. The highest BCUT2D eigenvalue weighted by atomic mass is 35.5. The molecule has 0 amide bonds. The average molecular weight is 238 g/mol. The van der Waals surface area contributed by atoms with E-state index in [1.54, 1.807) is 7.11 Å². The molecule has 5 heteroatoms. The van der Waals surface area contributed by atoms with Crippen LogP contribution in [0.2, 0.25) is 5.15 Å². The molecule has 1 saturated carbocycles. The van der Waals surface area contributed by atoms with Crippen molar-refractivity contribution >= 4 is 17.2 Å². The van der Waals surface area contributed by atoms with Crippen LogP contribution in [-0.2, 0) is 5.54 Å². The lowest BCUT2D eigenvalue weighted by atomic mass is 10.2. The minimum absolute atomic E-state index is 0.309. The van der Waals surface area contributed by atoms with E-state index in [1.807, 2.05) is 22.7 Å². The summed E-state index contributed by atoms with van der Waals surface area (Å²) in [6.07, 6.45) is 3.72. The van der Waals surface area contributed by atoms with Crippen LogP contribution in [0.25, 0.3) is 5.65 Å². The molecule has 0 unspecified atom stereocenters. The molecular formula is C11H12ClN3O. The zero-order valence-corrected chi connectivity index (χ0v) is 9.66. The van der Waals surface area contributed by atoms with Crippen LogP contribution in [0.5, 0.6) is 5.75 Å². The molecule has 0 aliphatic heterocycles. The van der Waals surface area contributed by atoms with Crippen molar-refractivity contribution in [3.05, 3.63) is 29.2 Å². The van der Waals surface area contributed by atoms with Gasteiger partial charge in [-0.1, -0.05) is 11.6 Å². The van der Waals surface area contributed by atoms with E-state index in [4.69, 9.17) is 22.1 Å². The van der Waals surface area contributed by atoms with Crippen molar-refractivity contribution in [2.24, 2.45) is 5.73 Å². The SMILES string of the molecule is COc1ccc2nc(C3(N)CC3)c(Cl)n2c1. The molecule has 1 fully saturated rings. The summed E-state index contributed by atoms with van der Waals surface area (Å²) in [6.45, 7) is 0. The molecule has 2 N–H and O–H groups in total. The standard InChI is InChI=1S/C11H12ClN3O/c1-16-7-2-3-8-14-9(11(13)4-5-11)10(12)15(8)6-7/h2-3,6H,4-5,13H2,1H3. The van der Waals surface area contributed by atoms with Crippen molar-refractivity contribution < 1.29 is 4.74 Å². The van der Waals surface area contributed by atoms with E-state index >= 15 is 0 Å². The molecule has 0 saturated heterocycles. The van der Waals surface area contributed by atoms with Crippen molar-refractivity contribution in [2.45, 2.75) is 18.4 Å². The number of methoxy groups -OCH3 is 1. The van der Waals surface area contributed by atoms with Gasteiger partial charge in [-0.05, 0) is 25.0 Å². The predicted octanol–water partition coefficient (Wildman–Crippen LogP) is 1.94. The van der Waals surface area contributed by atoms with Gasteiger partial charge in [-0.3, -0.25) is 4.40 Å². The van der Waals surface area contributed by atoms with Crippen molar-refractivity contribution in [3.63, 3.8) is 0 Å². The Balaban J connectivity index is 2.23. The van der Waals surface area contributed by atoms with Gasteiger partial charge < -0.3 is 10.5 Å². The first-order valence-electron chi connectivity index (χ1n) is 5.15. The normalized spacial score (nSPS) is 17.7. The summed E-state index contributed by atoms with van der Waals surface area (Å²) in [5.74, 6) is 0.750. The minimum atomic E-state index is -0.309. The number of aromatic nitrogens is 2. The van der Waals surface area contributed by atoms with Gasteiger partial charge >= 0.3 is 0 Å². The number of nitrogens with zero attached hydrogens (tertiary/aromatic N) is 2. The Labute approximate surface area is 98.0 Å². The first-order valence-corrected chi connectivity index (χ1v) is 5.53. The van der Waals surface area contributed by atoms with E-state index in [2.05, 4.69) is 4.98 Å². The molecule has 1 aliphatic carbocycles. The number of imidazole rings is 1. The molecule has 2 heterocycles. The number of hydrogen-bond acceptors (Lipinski definition) is 3. The highest BCUT2D eigenvalue weighted by molar-refractivity contribution is 6.30. The zero-order valence-electron chi connectivity index (χ0n) is 8.90. The van der Waals surface area contributed by atoms with Crippen LogP contribution in [0, 0.1) is 0 Å². The van der Waals surface area contributed by atoms with Crippen LogP contribution in [-0.4, -0.2) is 16.5 Å². The molecule has 4 nitrogen and oxygen atoms in total. The fourth-order valence-corrected chi connectivity index (χ4v) is 2.17. The van der Waals surface area contributed by atoms with Gasteiger partial charge in [0.2, 0.25) is 0 Å². The number of hydrogen-bond donors (Lipinski definition) is 1. The van der Waals surface area contributed by atoms with Gasteiger partial charge in [-0.15, -0.1) is 0 Å². The number of pyridine rings is 1.